The fourth-order valence-corrected chi connectivity index (χ4v) is 3.66. The molecule has 1 unspecified atom stereocenters. The number of rotatable bonds is 4. The minimum atomic E-state index is -0.364. The Morgan fingerprint density at radius 2 is 2.12 bits per heavy atom. The van der Waals surface area contributed by atoms with Crippen molar-refractivity contribution in [1.29, 1.82) is 5.26 Å². The number of halogens is 1. The lowest BCUT2D eigenvalue weighted by atomic mass is 9.98. The van der Waals surface area contributed by atoms with E-state index in [0.717, 1.165) is 13.1 Å². The Hall–Kier alpha value is -2.33. The van der Waals surface area contributed by atoms with Gasteiger partial charge < -0.3 is 14.5 Å². The van der Waals surface area contributed by atoms with Crippen molar-refractivity contribution in [2.75, 3.05) is 46.4 Å². The first kappa shape index (κ1) is 17.5. The van der Waals surface area contributed by atoms with Gasteiger partial charge in [0.05, 0.1) is 13.7 Å². The van der Waals surface area contributed by atoms with E-state index >= 15 is 0 Å². The molecule has 6 nitrogen and oxygen atoms in total. The van der Waals surface area contributed by atoms with Crippen LogP contribution in [-0.2, 0) is 4.79 Å². The van der Waals surface area contributed by atoms with Crippen LogP contribution in [0.15, 0.2) is 18.2 Å². The Bertz CT molecular complexity index is 690. The van der Waals surface area contributed by atoms with E-state index in [9.17, 15) is 9.18 Å². The molecule has 2 aliphatic heterocycles. The number of nitrogens with zero attached hydrogens (tertiary/aromatic N) is 4. The number of piperazine rings is 2. The minimum Gasteiger partial charge on any atom is -0.494 e. The number of amides is 1. The van der Waals surface area contributed by atoms with Crippen molar-refractivity contribution >= 4 is 5.91 Å². The fourth-order valence-electron chi connectivity index (χ4n) is 3.66. The smallest absolute Gasteiger partial charge is 0.241 e. The normalized spacial score (nSPS) is 22.3. The molecule has 0 aromatic heterocycles. The Labute approximate surface area is 147 Å². The van der Waals surface area contributed by atoms with E-state index in [1.807, 2.05) is 6.92 Å². The zero-order valence-corrected chi connectivity index (χ0v) is 14.6. The Morgan fingerprint density at radius 3 is 2.84 bits per heavy atom. The second kappa shape index (κ2) is 7.28. The van der Waals surface area contributed by atoms with Gasteiger partial charge in [0, 0.05) is 38.6 Å². The molecule has 2 atom stereocenters. The third-order valence-electron chi connectivity index (χ3n) is 5.12. The van der Waals surface area contributed by atoms with Gasteiger partial charge >= 0.3 is 0 Å². The highest BCUT2D eigenvalue weighted by Crippen LogP contribution is 2.28. The van der Waals surface area contributed by atoms with Crippen LogP contribution in [0.4, 0.5) is 4.39 Å². The molecular formula is C18H23FN4O2. The zero-order valence-electron chi connectivity index (χ0n) is 14.6. The van der Waals surface area contributed by atoms with Crippen molar-refractivity contribution < 1.29 is 13.9 Å². The molecule has 2 saturated heterocycles. The molecule has 7 heteroatoms. The number of hydrogen-bond donors (Lipinski definition) is 0. The second-order valence-electron chi connectivity index (χ2n) is 6.65. The summed E-state index contributed by atoms with van der Waals surface area (Å²) in [6, 6.07) is 4.82. The lowest BCUT2D eigenvalue weighted by Crippen LogP contribution is -2.64. The van der Waals surface area contributed by atoms with Gasteiger partial charge in [-0.3, -0.25) is 9.69 Å². The maximum absolute atomic E-state index is 14.5. The van der Waals surface area contributed by atoms with E-state index in [4.69, 9.17) is 10.00 Å². The number of ether oxygens (including phenoxy) is 1. The van der Waals surface area contributed by atoms with E-state index in [0.29, 0.717) is 31.7 Å². The minimum absolute atomic E-state index is 0.0290. The predicted octanol–water partition coefficient (Wildman–Crippen LogP) is 1.25. The summed E-state index contributed by atoms with van der Waals surface area (Å²) in [6.45, 7) is 5.65. The summed E-state index contributed by atoms with van der Waals surface area (Å²) >= 11 is 0. The number of benzene rings is 1. The SMILES string of the molecule is COc1cccc(C(C)CN2CCN3CCN(C#N)C[C@@H]3C2=O)c1F. The molecular weight excluding hydrogens is 323 g/mol. The van der Waals surface area contributed by atoms with Crippen molar-refractivity contribution in [3.8, 4) is 11.9 Å². The maximum Gasteiger partial charge on any atom is 0.241 e. The molecule has 0 bridgehead atoms. The molecule has 3 rings (SSSR count). The average molecular weight is 346 g/mol. The van der Waals surface area contributed by atoms with Gasteiger partial charge in [0.1, 0.15) is 6.04 Å². The van der Waals surface area contributed by atoms with Crippen LogP contribution in [-0.4, -0.2) is 73.0 Å². The van der Waals surface area contributed by atoms with Gasteiger partial charge in [0.25, 0.3) is 0 Å². The van der Waals surface area contributed by atoms with Crippen LogP contribution in [0.5, 0.6) is 5.75 Å². The summed E-state index contributed by atoms with van der Waals surface area (Å²) < 4.78 is 19.5. The first-order valence-electron chi connectivity index (χ1n) is 8.55. The number of carbonyl (C=O) groups excluding carboxylic acids is 1. The number of nitriles is 1. The molecule has 1 amide bonds. The largest absolute Gasteiger partial charge is 0.494 e. The number of carbonyl (C=O) groups is 1. The van der Waals surface area contributed by atoms with E-state index in [1.165, 1.54) is 7.11 Å². The van der Waals surface area contributed by atoms with Gasteiger partial charge in [-0.1, -0.05) is 19.1 Å². The average Bonchev–Trinajstić information content (AvgIpc) is 2.64. The molecule has 25 heavy (non-hydrogen) atoms. The third-order valence-corrected chi connectivity index (χ3v) is 5.12. The Kier molecular flexibility index (Phi) is 5.09. The summed E-state index contributed by atoms with van der Waals surface area (Å²) in [7, 11) is 1.44. The highest BCUT2D eigenvalue weighted by atomic mass is 19.1. The molecule has 2 heterocycles. The van der Waals surface area contributed by atoms with Crippen LogP contribution in [0.25, 0.3) is 0 Å². The van der Waals surface area contributed by atoms with Crippen LogP contribution in [0, 0.1) is 17.3 Å². The Balaban J connectivity index is 1.71. The first-order valence-corrected chi connectivity index (χ1v) is 8.55. The molecule has 0 N–H and O–H groups in total. The van der Waals surface area contributed by atoms with Crippen LogP contribution in [0.2, 0.25) is 0 Å². The lowest BCUT2D eigenvalue weighted by Gasteiger charge is -2.45. The monoisotopic (exact) mass is 346 g/mol. The summed E-state index contributed by atoms with van der Waals surface area (Å²) in [6.07, 6.45) is 2.13. The summed E-state index contributed by atoms with van der Waals surface area (Å²) in [4.78, 5) is 18.4. The van der Waals surface area contributed by atoms with E-state index in [2.05, 4.69) is 11.1 Å². The molecule has 1 aromatic rings. The van der Waals surface area contributed by atoms with Crippen molar-refractivity contribution in [2.24, 2.45) is 0 Å². The van der Waals surface area contributed by atoms with E-state index < -0.39 is 0 Å². The van der Waals surface area contributed by atoms with Crippen molar-refractivity contribution in [1.82, 2.24) is 14.7 Å². The van der Waals surface area contributed by atoms with Crippen LogP contribution in [0.3, 0.4) is 0 Å². The van der Waals surface area contributed by atoms with Gasteiger partial charge in [0.2, 0.25) is 5.91 Å². The van der Waals surface area contributed by atoms with Crippen LogP contribution < -0.4 is 4.74 Å². The maximum atomic E-state index is 14.5. The van der Waals surface area contributed by atoms with E-state index in [1.54, 1.807) is 28.0 Å². The van der Waals surface area contributed by atoms with E-state index in [-0.39, 0.29) is 29.4 Å². The molecule has 2 aliphatic rings. The summed E-state index contributed by atoms with van der Waals surface area (Å²) in [5, 5.41) is 9.09. The van der Waals surface area contributed by atoms with Crippen molar-refractivity contribution in [3.63, 3.8) is 0 Å². The van der Waals surface area contributed by atoms with Gasteiger partial charge in [-0.05, 0) is 11.6 Å². The van der Waals surface area contributed by atoms with Gasteiger partial charge in [-0.2, -0.15) is 5.26 Å². The molecule has 0 spiro atoms. The zero-order chi connectivity index (χ0) is 18.0. The number of hydrogen-bond acceptors (Lipinski definition) is 5. The van der Waals surface area contributed by atoms with Crippen LogP contribution in [0.1, 0.15) is 18.4 Å². The number of fused-ring (bicyclic) bond motifs is 1. The predicted molar refractivity (Wildman–Crippen MR) is 90.5 cm³/mol. The lowest BCUT2D eigenvalue weighted by molar-refractivity contribution is -0.144. The summed E-state index contributed by atoms with van der Waals surface area (Å²) in [5.41, 5.74) is 0.553. The van der Waals surface area contributed by atoms with Gasteiger partial charge in [0.15, 0.2) is 17.8 Å². The van der Waals surface area contributed by atoms with Crippen LogP contribution >= 0.6 is 0 Å². The van der Waals surface area contributed by atoms with Gasteiger partial charge in [-0.15, -0.1) is 0 Å². The van der Waals surface area contributed by atoms with Gasteiger partial charge in [-0.25, -0.2) is 4.39 Å². The summed E-state index contributed by atoms with van der Waals surface area (Å²) in [5.74, 6) is -0.253. The highest BCUT2D eigenvalue weighted by Gasteiger charge is 2.38. The standard InChI is InChI=1S/C18H23FN4O2/c1-13(14-4-3-5-16(25-2)17(14)19)10-23-9-8-22-7-6-21(12-20)11-15(22)18(23)24/h3-5,13,15H,6-11H2,1-2H3/t13?,15-/m1/s1. The molecule has 0 aliphatic carbocycles. The fraction of sp³-hybridized carbons (Fsp3) is 0.556. The molecule has 2 fully saturated rings. The molecule has 0 saturated carbocycles. The van der Waals surface area contributed by atoms with Crippen molar-refractivity contribution in [2.45, 2.75) is 18.9 Å². The molecule has 0 radical (unpaired) electrons. The second-order valence-corrected chi connectivity index (χ2v) is 6.65. The van der Waals surface area contributed by atoms with Crippen molar-refractivity contribution in [3.05, 3.63) is 29.6 Å². The third kappa shape index (κ3) is 3.40. The Morgan fingerprint density at radius 1 is 1.36 bits per heavy atom. The topological polar surface area (TPSA) is 59.8 Å². The molecule has 134 valence electrons. The highest BCUT2D eigenvalue weighted by molar-refractivity contribution is 5.83. The first-order chi connectivity index (χ1) is 12.0. The quantitative estimate of drug-likeness (QED) is 0.768. The number of methoxy groups -OCH3 is 1. The molecule has 1 aromatic carbocycles.